The zero-order valence-corrected chi connectivity index (χ0v) is 17.3. The fourth-order valence-corrected chi connectivity index (χ4v) is 4.29. The van der Waals surface area contributed by atoms with Crippen molar-refractivity contribution in [3.63, 3.8) is 0 Å². The van der Waals surface area contributed by atoms with Crippen LogP contribution in [0.25, 0.3) is 5.65 Å². The molecule has 3 aromatic heterocycles. The van der Waals surface area contributed by atoms with Crippen molar-refractivity contribution in [3.05, 3.63) is 47.0 Å². The molecule has 0 saturated heterocycles. The number of aromatic nitrogens is 4. The molecule has 3 aromatic rings. The largest absolute Gasteiger partial charge is 0.324 e. The van der Waals surface area contributed by atoms with Crippen LogP contribution in [0.3, 0.4) is 0 Å². The van der Waals surface area contributed by atoms with Crippen LogP contribution in [0.15, 0.2) is 24.5 Å². The molecule has 0 radical (unpaired) electrons. The van der Waals surface area contributed by atoms with Crippen LogP contribution in [-0.2, 0) is 16.6 Å². The van der Waals surface area contributed by atoms with E-state index in [2.05, 4.69) is 43.5 Å². The van der Waals surface area contributed by atoms with Crippen molar-refractivity contribution >= 4 is 31.9 Å². The predicted octanol–water partition coefficient (Wildman–Crippen LogP) is 2.41. The minimum atomic E-state index is -0.589. The van der Waals surface area contributed by atoms with E-state index in [9.17, 15) is 14.4 Å². The first kappa shape index (κ1) is 19.4. The quantitative estimate of drug-likeness (QED) is 0.667. The normalized spacial score (nSPS) is 17.1. The number of halogens is 1. The second-order valence-electron chi connectivity index (χ2n) is 7.80. The summed E-state index contributed by atoms with van der Waals surface area (Å²) in [6, 6.07) is 5.42. The van der Waals surface area contributed by atoms with Gasteiger partial charge in [0.25, 0.3) is 0 Å². The van der Waals surface area contributed by atoms with E-state index in [1.54, 1.807) is 6.20 Å². The second-order valence-corrected chi connectivity index (χ2v) is 8.39. The van der Waals surface area contributed by atoms with Crippen LogP contribution in [0.1, 0.15) is 48.7 Å². The van der Waals surface area contributed by atoms with Crippen molar-refractivity contribution in [1.29, 1.82) is 5.26 Å². The van der Waals surface area contributed by atoms with Gasteiger partial charge in [-0.3, -0.25) is 14.2 Å². The summed E-state index contributed by atoms with van der Waals surface area (Å²) in [4.78, 5) is 21.7. The molecular weight excluding hydrogens is 390 g/mol. The summed E-state index contributed by atoms with van der Waals surface area (Å²) in [7, 11) is 2.57. The number of nitrogens with zero attached hydrogens (tertiary/aromatic N) is 5. The van der Waals surface area contributed by atoms with Gasteiger partial charge in [-0.05, 0) is 12.5 Å². The smallest absolute Gasteiger partial charge is 0.232 e. The van der Waals surface area contributed by atoms with Gasteiger partial charge in [-0.1, -0.05) is 23.1 Å². The standard InChI is InChI=1S/C20H20FN6OP/c1-20(2)7-13(14-10-24-16-6-17(29)26-27(16)18(14)20)19(28)25-12-5-11(8-22)15(3-4-21)23-9-12/h5-6,9-10,13H,3-4,7,29H2,1-2H3,(H,25,28). The number of pyridine rings is 1. The van der Waals surface area contributed by atoms with Crippen molar-refractivity contribution in [2.75, 3.05) is 12.0 Å². The molecule has 4 rings (SSSR count). The Kier molecular flexibility index (Phi) is 4.79. The van der Waals surface area contributed by atoms with Gasteiger partial charge < -0.3 is 5.32 Å². The molecule has 0 bridgehead atoms. The lowest BCUT2D eigenvalue weighted by molar-refractivity contribution is -0.117. The first-order chi connectivity index (χ1) is 13.8. The van der Waals surface area contributed by atoms with Gasteiger partial charge in [0.1, 0.15) is 6.07 Å². The third-order valence-electron chi connectivity index (χ3n) is 5.27. The summed E-state index contributed by atoms with van der Waals surface area (Å²) in [5, 5.41) is 16.6. The van der Waals surface area contributed by atoms with E-state index in [0.29, 0.717) is 17.8 Å². The van der Waals surface area contributed by atoms with Gasteiger partial charge in [-0.15, -0.1) is 0 Å². The Morgan fingerprint density at radius 3 is 2.93 bits per heavy atom. The number of alkyl halides is 1. The molecule has 0 aliphatic heterocycles. The Bertz CT molecular complexity index is 1170. The van der Waals surface area contributed by atoms with Crippen LogP contribution < -0.4 is 10.8 Å². The molecule has 0 fully saturated rings. The van der Waals surface area contributed by atoms with E-state index in [1.165, 1.54) is 12.3 Å². The van der Waals surface area contributed by atoms with Gasteiger partial charge in [-0.2, -0.15) is 10.4 Å². The molecule has 3 heterocycles. The van der Waals surface area contributed by atoms with Gasteiger partial charge >= 0.3 is 0 Å². The van der Waals surface area contributed by atoms with Crippen molar-refractivity contribution in [3.8, 4) is 6.07 Å². The van der Waals surface area contributed by atoms with Crippen molar-refractivity contribution in [1.82, 2.24) is 19.6 Å². The lowest BCUT2D eigenvalue weighted by atomic mass is 9.88. The molecule has 0 aromatic carbocycles. The molecule has 2 atom stereocenters. The number of amides is 1. The third-order valence-corrected chi connectivity index (χ3v) is 5.55. The van der Waals surface area contributed by atoms with Crippen LogP contribution in [-0.4, -0.2) is 32.2 Å². The van der Waals surface area contributed by atoms with Crippen LogP contribution in [0.2, 0.25) is 0 Å². The molecule has 29 heavy (non-hydrogen) atoms. The van der Waals surface area contributed by atoms with E-state index in [-0.39, 0.29) is 23.3 Å². The third kappa shape index (κ3) is 3.36. The maximum absolute atomic E-state index is 13.1. The van der Waals surface area contributed by atoms with Crippen LogP contribution in [0.5, 0.6) is 0 Å². The lowest BCUT2D eigenvalue weighted by Crippen LogP contribution is -2.22. The molecular formula is C20H20FN6OP. The van der Waals surface area contributed by atoms with Crippen molar-refractivity contribution in [2.45, 2.75) is 38.0 Å². The first-order valence-electron chi connectivity index (χ1n) is 9.24. The highest BCUT2D eigenvalue weighted by Crippen LogP contribution is 2.45. The monoisotopic (exact) mass is 410 g/mol. The molecule has 1 amide bonds. The Morgan fingerprint density at radius 2 is 2.21 bits per heavy atom. The minimum absolute atomic E-state index is 0.0740. The Morgan fingerprint density at radius 1 is 1.41 bits per heavy atom. The van der Waals surface area contributed by atoms with Gasteiger partial charge in [0, 0.05) is 29.7 Å². The first-order valence-corrected chi connectivity index (χ1v) is 9.82. The van der Waals surface area contributed by atoms with Crippen LogP contribution >= 0.6 is 9.24 Å². The highest BCUT2D eigenvalue weighted by Gasteiger charge is 2.43. The zero-order valence-electron chi connectivity index (χ0n) is 16.1. The van der Waals surface area contributed by atoms with Crippen molar-refractivity contribution < 1.29 is 9.18 Å². The summed E-state index contributed by atoms with van der Waals surface area (Å²) in [6.07, 6.45) is 3.89. The summed E-state index contributed by atoms with van der Waals surface area (Å²) < 4.78 is 14.4. The van der Waals surface area contributed by atoms with Crippen molar-refractivity contribution in [2.24, 2.45) is 0 Å². The number of anilines is 1. The van der Waals surface area contributed by atoms with E-state index in [4.69, 9.17) is 0 Å². The number of carbonyl (C=O) groups excluding carboxylic acids is 1. The van der Waals surface area contributed by atoms with E-state index in [1.807, 2.05) is 16.7 Å². The SMILES string of the molecule is CC1(C)CC(C(=O)Nc2cnc(CCF)c(C#N)c2)c2cnc3cc(P)nn3c21. The van der Waals surface area contributed by atoms with E-state index in [0.717, 1.165) is 22.3 Å². The topological polar surface area (TPSA) is 96.0 Å². The number of rotatable bonds is 4. The average molecular weight is 410 g/mol. The summed E-state index contributed by atoms with van der Waals surface area (Å²) in [6.45, 7) is 3.59. The number of fused-ring (bicyclic) bond motifs is 3. The predicted molar refractivity (Wildman–Crippen MR) is 110 cm³/mol. The molecule has 1 aliphatic rings. The number of hydrogen-bond acceptors (Lipinski definition) is 5. The zero-order chi connectivity index (χ0) is 20.8. The molecule has 1 N–H and O–H groups in total. The highest BCUT2D eigenvalue weighted by molar-refractivity contribution is 7.26. The maximum Gasteiger partial charge on any atom is 0.232 e. The highest BCUT2D eigenvalue weighted by atomic mass is 31.0. The van der Waals surface area contributed by atoms with Gasteiger partial charge in [0.2, 0.25) is 5.91 Å². The Balaban J connectivity index is 1.66. The van der Waals surface area contributed by atoms with Gasteiger partial charge in [0.15, 0.2) is 5.65 Å². The molecule has 9 heteroatoms. The average Bonchev–Trinajstić information content (AvgIpc) is 3.19. The molecule has 0 spiro atoms. The number of carbonyl (C=O) groups is 1. The fourth-order valence-electron chi connectivity index (χ4n) is 4.02. The number of nitriles is 1. The molecule has 7 nitrogen and oxygen atoms in total. The maximum atomic E-state index is 13.1. The molecule has 2 unspecified atom stereocenters. The number of nitrogens with one attached hydrogen (secondary N) is 1. The van der Waals surface area contributed by atoms with Gasteiger partial charge in [-0.25, -0.2) is 9.50 Å². The van der Waals surface area contributed by atoms with E-state index >= 15 is 0 Å². The Labute approximate surface area is 169 Å². The lowest BCUT2D eigenvalue weighted by Gasteiger charge is -2.19. The number of aryl methyl sites for hydroxylation is 1. The second kappa shape index (κ2) is 7.16. The van der Waals surface area contributed by atoms with Crippen LogP contribution in [0, 0.1) is 11.3 Å². The fraction of sp³-hybridized carbons (Fsp3) is 0.350. The van der Waals surface area contributed by atoms with E-state index < -0.39 is 12.6 Å². The Hall–Kier alpha value is -2.91. The number of hydrogen-bond donors (Lipinski definition) is 1. The summed E-state index contributed by atoms with van der Waals surface area (Å²) >= 11 is 0. The van der Waals surface area contributed by atoms with Gasteiger partial charge in [0.05, 0.1) is 46.9 Å². The summed E-state index contributed by atoms with van der Waals surface area (Å²) in [5.74, 6) is -0.592. The molecule has 0 saturated carbocycles. The van der Waals surface area contributed by atoms with Crippen LogP contribution in [0.4, 0.5) is 10.1 Å². The molecule has 148 valence electrons. The summed E-state index contributed by atoms with van der Waals surface area (Å²) in [5.41, 5.74) is 4.16. The minimum Gasteiger partial charge on any atom is -0.324 e. The molecule has 1 aliphatic carbocycles.